The molecule has 1 aliphatic carbocycles. The lowest BCUT2D eigenvalue weighted by Gasteiger charge is -2.13. The number of carbonyl (C=O) groups is 1. The molecule has 0 radical (unpaired) electrons. The minimum Gasteiger partial charge on any atom is -0.306 e. The number of carbonyl (C=O) groups excluding carboxylic acids is 1. The van der Waals surface area contributed by atoms with Crippen LogP contribution in [0, 0.1) is 0 Å². The zero-order chi connectivity index (χ0) is 12.2. The van der Waals surface area contributed by atoms with Gasteiger partial charge in [-0.05, 0) is 26.7 Å². The summed E-state index contributed by atoms with van der Waals surface area (Å²) in [6, 6.07) is 0.368. The van der Waals surface area contributed by atoms with Crippen LogP contribution in [0.2, 0.25) is 0 Å². The van der Waals surface area contributed by atoms with Crippen molar-refractivity contribution in [2.24, 2.45) is 0 Å². The molecule has 0 aliphatic heterocycles. The molecule has 0 saturated heterocycles. The molecule has 0 heterocycles. The molecule has 1 fully saturated rings. The van der Waals surface area contributed by atoms with Gasteiger partial charge < -0.3 is 5.32 Å². The highest BCUT2D eigenvalue weighted by Crippen LogP contribution is 2.17. The predicted molar refractivity (Wildman–Crippen MR) is 62.5 cm³/mol. The molecular weight excluding hydrogens is 228 g/mol. The smallest absolute Gasteiger partial charge is 0.247 e. The van der Waals surface area contributed by atoms with Gasteiger partial charge in [0.15, 0.2) is 0 Å². The number of sulfonamides is 1. The van der Waals surface area contributed by atoms with Gasteiger partial charge in [-0.2, -0.15) is 0 Å². The van der Waals surface area contributed by atoms with Gasteiger partial charge in [0.05, 0.1) is 11.8 Å². The van der Waals surface area contributed by atoms with E-state index in [-0.39, 0.29) is 6.54 Å². The number of nitrogens with one attached hydrogen (secondary N) is 2. The van der Waals surface area contributed by atoms with Crippen LogP contribution in [0.4, 0.5) is 0 Å². The van der Waals surface area contributed by atoms with E-state index in [9.17, 15) is 13.2 Å². The van der Waals surface area contributed by atoms with Crippen LogP contribution in [0.15, 0.2) is 0 Å². The Hall–Kier alpha value is -0.620. The van der Waals surface area contributed by atoms with E-state index in [2.05, 4.69) is 10.0 Å². The molecule has 1 rings (SSSR count). The van der Waals surface area contributed by atoms with Gasteiger partial charge in [0, 0.05) is 6.04 Å². The molecule has 2 N–H and O–H groups in total. The van der Waals surface area contributed by atoms with E-state index in [1.54, 1.807) is 13.8 Å². The highest BCUT2D eigenvalue weighted by molar-refractivity contribution is 7.90. The van der Waals surface area contributed by atoms with Crippen molar-refractivity contribution in [3.8, 4) is 0 Å². The zero-order valence-electron chi connectivity index (χ0n) is 9.82. The first-order valence-corrected chi connectivity index (χ1v) is 7.24. The number of hydrogen-bond acceptors (Lipinski definition) is 4. The van der Waals surface area contributed by atoms with Crippen molar-refractivity contribution >= 4 is 15.9 Å². The second-order valence-corrected chi connectivity index (χ2v) is 6.72. The predicted octanol–water partition coefficient (Wildman–Crippen LogP) is 0.373. The van der Waals surface area contributed by atoms with Crippen molar-refractivity contribution in [1.29, 1.82) is 0 Å². The lowest BCUT2D eigenvalue weighted by molar-refractivity contribution is -0.118. The fourth-order valence-corrected chi connectivity index (χ4v) is 2.30. The topological polar surface area (TPSA) is 75.3 Å². The van der Waals surface area contributed by atoms with Gasteiger partial charge in [-0.1, -0.05) is 12.8 Å². The summed E-state index contributed by atoms with van der Waals surface area (Å²) in [6.07, 6.45) is 4.52. The van der Waals surface area contributed by atoms with Gasteiger partial charge in [0.25, 0.3) is 0 Å². The SMILES string of the molecule is CC(C)S(=O)(=O)NC(=O)CNC1CCCC1. The summed E-state index contributed by atoms with van der Waals surface area (Å²) in [6.45, 7) is 3.16. The monoisotopic (exact) mass is 248 g/mol. The number of amides is 1. The van der Waals surface area contributed by atoms with Crippen LogP contribution in [0.25, 0.3) is 0 Å². The van der Waals surface area contributed by atoms with Crippen LogP contribution in [0.3, 0.4) is 0 Å². The summed E-state index contributed by atoms with van der Waals surface area (Å²) in [5.41, 5.74) is 0. The summed E-state index contributed by atoms with van der Waals surface area (Å²) >= 11 is 0. The first-order chi connectivity index (χ1) is 7.42. The van der Waals surface area contributed by atoms with Crippen molar-refractivity contribution in [3.05, 3.63) is 0 Å². The first-order valence-electron chi connectivity index (χ1n) is 5.69. The van der Waals surface area contributed by atoms with Gasteiger partial charge in [-0.25, -0.2) is 8.42 Å². The van der Waals surface area contributed by atoms with E-state index in [0.717, 1.165) is 12.8 Å². The van der Waals surface area contributed by atoms with Crippen LogP contribution in [0.1, 0.15) is 39.5 Å². The van der Waals surface area contributed by atoms with Gasteiger partial charge in [-0.15, -0.1) is 0 Å². The Morgan fingerprint density at radius 2 is 1.88 bits per heavy atom. The molecule has 0 spiro atoms. The van der Waals surface area contributed by atoms with Gasteiger partial charge in [-0.3, -0.25) is 9.52 Å². The van der Waals surface area contributed by atoms with Gasteiger partial charge in [0.1, 0.15) is 0 Å². The van der Waals surface area contributed by atoms with Gasteiger partial charge >= 0.3 is 0 Å². The van der Waals surface area contributed by atoms with Crippen LogP contribution in [-0.2, 0) is 14.8 Å². The van der Waals surface area contributed by atoms with E-state index in [1.807, 2.05) is 0 Å². The fraction of sp³-hybridized carbons (Fsp3) is 0.900. The fourth-order valence-electron chi connectivity index (χ4n) is 1.68. The van der Waals surface area contributed by atoms with Crippen molar-refractivity contribution in [2.75, 3.05) is 6.54 Å². The quantitative estimate of drug-likeness (QED) is 0.737. The first kappa shape index (κ1) is 13.4. The molecule has 6 heteroatoms. The molecule has 0 bridgehead atoms. The molecule has 1 amide bonds. The third kappa shape index (κ3) is 4.09. The average molecular weight is 248 g/mol. The number of rotatable bonds is 5. The van der Waals surface area contributed by atoms with Crippen LogP contribution < -0.4 is 10.0 Å². The van der Waals surface area contributed by atoms with Crippen molar-refractivity contribution < 1.29 is 13.2 Å². The highest BCUT2D eigenvalue weighted by atomic mass is 32.2. The van der Waals surface area contributed by atoms with E-state index in [0.29, 0.717) is 6.04 Å². The summed E-state index contributed by atoms with van der Waals surface area (Å²) in [7, 11) is -3.48. The maximum absolute atomic E-state index is 11.4. The Labute approximate surface area is 97.0 Å². The van der Waals surface area contributed by atoms with Crippen LogP contribution >= 0.6 is 0 Å². The van der Waals surface area contributed by atoms with Gasteiger partial charge in [0.2, 0.25) is 15.9 Å². The largest absolute Gasteiger partial charge is 0.306 e. The van der Waals surface area contributed by atoms with Crippen molar-refractivity contribution in [2.45, 2.75) is 50.8 Å². The Morgan fingerprint density at radius 3 is 2.38 bits per heavy atom. The molecule has 94 valence electrons. The molecule has 0 aromatic carbocycles. The Morgan fingerprint density at radius 1 is 1.31 bits per heavy atom. The maximum Gasteiger partial charge on any atom is 0.247 e. The highest BCUT2D eigenvalue weighted by Gasteiger charge is 2.20. The molecule has 1 aliphatic rings. The minimum absolute atomic E-state index is 0.0800. The van der Waals surface area contributed by atoms with Crippen molar-refractivity contribution in [3.63, 3.8) is 0 Å². The molecule has 16 heavy (non-hydrogen) atoms. The average Bonchev–Trinajstić information content (AvgIpc) is 2.66. The Balaban J connectivity index is 2.30. The molecule has 0 unspecified atom stereocenters. The second-order valence-electron chi connectivity index (χ2n) is 4.48. The summed E-state index contributed by atoms with van der Waals surface area (Å²) < 4.78 is 24.8. The zero-order valence-corrected chi connectivity index (χ0v) is 10.6. The Kier molecular flexibility index (Phi) is 4.73. The molecule has 0 aromatic rings. The summed E-state index contributed by atoms with van der Waals surface area (Å²) in [4.78, 5) is 11.4. The van der Waals surface area contributed by atoms with E-state index < -0.39 is 21.2 Å². The second kappa shape index (κ2) is 5.63. The van der Waals surface area contributed by atoms with Crippen LogP contribution in [0.5, 0.6) is 0 Å². The van der Waals surface area contributed by atoms with E-state index in [1.165, 1.54) is 12.8 Å². The van der Waals surface area contributed by atoms with E-state index in [4.69, 9.17) is 0 Å². The molecule has 0 atom stereocenters. The van der Waals surface area contributed by atoms with Crippen LogP contribution in [-0.4, -0.2) is 32.2 Å². The maximum atomic E-state index is 11.4. The lowest BCUT2D eigenvalue weighted by atomic mass is 10.2. The minimum atomic E-state index is -3.48. The normalized spacial score (nSPS) is 17.9. The standard InChI is InChI=1S/C10H20N2O3S/c1-8(2)16(14,15)12-10(13)7-11-9-5-3-4-6-9/h8-9,11H,3-7H2,1-2H3,(H,12,13). The number of hydrogen-bond donors (Lipinski definition) is 2. The third-order valence-electron chi connectivity index (χ3n) is 2.78. The van der Waals surface area contributed by atoms with E-state index >= 15 is 0 Å². The Bertz CT molecular complexity index is 332. The summed E-state index contributed by atoms with van der Waals surface area (Å²) in [5, 5.41) is 2.49. The molecule has 1 saturated carbocycles. The molecule has 0 aromatic heterocycles. The summed E-state index contributed by atoms with van der Waals surface area (Å²) in [5.74, 6) is -0.472. The van der Waals surface area contributed by atoms with Crippen molar-refractivity contribution in [1.82, 2.24) is 10.0 Å². The lowest BCUT2D eigenvalue weighted by Crippen LogP contribution is -2.42. The third-order valence-corrected chi connectivity index (χ3v) is 4.54. The molecule has 5 nitrogen and oxygen atoms in total. The molecular formula is C10H20N2O3S.